The van der Waals surface area contributed by atoms with Crippen molar-refractivity contribution < 1.29 is 19.0 Å². The molecule has 0 saturated heterocycles. The number of amides is 1. The van der Waals surface area contributed by atoms with Crippen LogP contribution in [-0.4, -0.2) is 38.2 Å². The maximum absolute atomic E-state index is 12.8. The fraction of sp³-hybridized carbons (Fsp3) is 0.435. The van der Waals surface area contributed by atoms with E-state index in [0.717, 1.165) is 36.3 Å². The minimum Gasteiger partial charge on any atom is -0.493 e. The lowest BCUT2D eigenvalue weighted by Gasteiger charge is -2.30. The second-order valence-electron chi connectivity index (χ2n) is 7.43. The molecule has 1 aliphatic heterocycles. The second-order valence-corrected chi connectivity index (χ2v) is 7.43. The third-order valence-electron chi connectivity index (χ3n) is 5.77. The van der Waals surface area contributed by atoms with Crippen LogP contribution in [-0.2, 0) is 30.6 Å². The van der Waals surface area contributed by atoms with E-state index in [1.807, 2.05) is 29.2 Å². The van der Waals surface area contributed by atoms with Gasteiger partial charge in [-0.2, -0.15) is 0 Å². The van der Waals surface area contributed by atoms with Gasteiger partial charge in [-0.25, -0.2) is 0 Å². The van der Waals surface area contributed by atoms with Gasteiger partial charge in [-0.3, -0.25) is 4.79 Å². The van der Waals surface area contributed by atoms with E-state index < -0.39 is 0 Å². The van der Waals surface area contributed by atoms with Gasteiger partial charge in [-0.15, -0.1) is 0 Å². The van der Waals surface area contributed by atoms with E-state index in [9.17, 15) is 4.79 Å². The Labute approximate surface area is 166 Å². The Bertz CT molecular complexity index is 877. The van der Waals surface area contributed by atoms with E-state index >= 15 is 0 Å². The number of rotatable bonds is 5. The average molecular weight is 381 g/mol. The highest BCUT2D eigenvalue weighted by molar-refractivity contribution is 5.78. The normalized spacial score (nSPS) is 15.4. The number of fused-ring (bicyclic) bond motifs is 2. The summed E-state index contributed by atoms with van der Waals surface area (Å²) in [6.45, 7) is 1.35. The SMILES string of the molecule is COc1cc2c(cc1OC)CN(C(=O)COc1cccc3c1CCCC3)CC2. The molecular formula is C23H27NO4. The van der Waals surface area contributed by atoms with Gasteiger partial charge >= 0.3 is 0 Å². The van der Waals surface area contributed by atoms with E-state index in [1.54, 1.807) is 14.2 Å². The van der Waals surface area contributed by atoms with Crippen molar-refractivity contribution in [1.29, 1.82) is 0 Å². The van der Waals surface area contributed by atoms with Gasteiger partial charge in [-0.05, 0) is 72.6 Å². The van der Waals surface area contributed by atoms with E-state index in [0.29, 0.717) is 18.8 Å². The van der Waals surface area contributed by atoms with Crippen molar-refractivity contribution in [3.8, 4) is 17.2 Å². The summed E-state index contributed by atoms with van der Waals surface area (Å²) < 4.78 is 16.7. The van der Waals surface area contributed by atoms with Gasteiger partial charge in [0.25, 0.3) is 5.91 Å². The molecule has 0 atom stereocenters. The van der Waals surface area contributed by atoms with Crippen LogP contribution in [0.4, 0.5) is 0 Å². The third-order valence-corrected chi connectivity index (χ3v) is 5.77. The molecule has 0 saturated carbocycles. The molecule has 28 heavy (non-hydrogen) atoms. The fourth-order valence-electron chi connectivity index (χ4n) is 4.21. The Morgan fingerprint density at radius 1 is 0.929 bits per heavy atom. The van der Waals surface area contributed by atoms with Crippen molar-refractivity contribution >= 4 is 5.91 Å². The van der Waals surface area contributed by atoms with Crippen LogP contribution in [0.3, 0.4) is 0 Å². The molecule has 2 aliphatic rings. The van der Waals surface area contributed by atoms with Crippen LogP contribution in [0, 0.1) is 0 Å². The summed E-state index contributed by atoms with van der Waals surface area (Å²) in [6, 6.07) is 10.2. The van der Waals surface area contributed by atoms with Crippen molar-refractivity contribution in [3.63, 3.8) is 0 Å². The van der Waals surface area contributed by atoms with Crippen molar-refractivity contribution in [2.75, 3.05) is 27.4 Å². The lowest BCUT2D eigenvalue weighted by atomic mass is 9.91. The molecule has 148 valence electrons. The molecule has 0 bridgehead atoms. The van der Waals surface area contributed by atoms with Crippen LogP contribution in [0.2, 0.25) is 0 Å². The summed E-state index contributed by atoms with van der Waals surface area (Å²) in [4.78, 5) is 14.6. The maximum atomic E-state index is 12.8. The highest BCUT2D eigenvalue weighted by Crippen LogP contribution is 2.33. The summed E-state index contributed by atoms with van der Waals surface area (Å²) in [5, 5.41) is 0. The van der Waals surface area contributed by atoms with Gasteiger partial charge in [0, 0.05) is 13.1 Å². The number of aryl methyl sites for hydroxylation is 1. The molecule has 5 heteroatoms. The summed E-state index contributed by atoms with van der Waals surface area (Å²) in [5.74, 6) is 2.32. The number of carbonyl (C=O) groups is 1. The van der Waals surface area contributed by atoms with Crippen molar-refractivity contribution in [3.05, 3.63) is 52.6 Å². The molecular weight excluding hydrogens is 354 g/mol. The summed E-state index contributed by atoms with van der Waals surface area (Å²) in [6.07, 6.45) is 5.38. The first kappa shape index (κ1) is 18.7. The second kappa shape index (κ2) is 8.13. The van der Waals surface area contributed by atoms with Crippen molar-refractivity contribution in [1.82, 2.24) is 4.90 Å². The predicted molar refractivity (Wildman–Crippen MR) is 107 cm³/mol. The zero-order valence-corrected chi connectivity index (χ0v) is 16.6. The lowest BCUT2D eigenvalue weighted by molar-refractivity contribution is -0.134. The number of hydrogen-bond acceptors (Lipinski definition) is 4. The first-order valence-electron chi connectivity index (χ1n) is 9.94. The van der Waals surface area contributed by atoms with Crippen LogP contribution in [0.1, 0.15) is 35.1 Å². The predicted octanol–water partition coefficient (Wildman–Crippen LogP) is 3.55. The van der Waals surface area contributed by atoms with Gasteiger partial charge in [-0.1, -0.05) is 12.1 Å². The van der Waals surface area contributed by atoms with Gasteiger partial charge in [0.15, 0.2) is 18.1 Å². The van der Waals surface area contributed by atoms with Crippen molar-refractivity contribution in [2.24, 2.45) is 0 Å². The Morgan fingerprint density at radius 2 is 1.68 bits per heavy atom. The minimum atomic E-state index is 0.0221. The molecule has 0 fully saturated rings. The number of ether oxygens (including phenoxy) is 3. The molecule has 0 N–H and O–H groups in total. The van der Waals surface area contributed by atoms with Crippen LogP contribution < -0.4 is 14.2 Å². The highest BCUT2D eigenvalue weighted by Gasteiger charge is 2.23. The Kier molecular flexibility index (Phi) is 5.42. The molecule has 0 spiro atoms. The molecule has 0 aromatic heterocycles. The van der Waals surface area contributed by atoms with Crippen LogP contribution in [0.25, 0.3) is 0 Å². The molecule has 0 unspecified atom stereocenters. The zero-order valence-electron chi connectivity index (χ0n) is 16.6. The molecule has 5 nitrogen and oxygen atoms in total. The largest absolute Gasteiger partial charge is 0.493 e. The zero-order chi connectivity index (χ0) is 19.5. The smallest absolute Gasteiger partial charge is 0.260 e. The standard InChI is InChI=1S/C23H27NO4/c1-26-21-12-17-10-11-24(14-18(17)13-22(21)27-2)23(25)15-28-20-9-5-7-16-6-3-4-8-19(16)20/h5,7,9,12-13H,3-4,6,8,10-11,14-15H2,1-2H3. The number of hydrogen-bond donors (Lipinski definition) is 0. The average Bonchev–Trinajstić information content (AvgIpc) is 2.75. The fourth-order valence-corrected chi connectivity index (χ4v) is 4.21. The van der Waals surface area contributed by atoms with Gasteiger partial charge in [0.2, 0.25) is 0 Å². The van der Waals surface area contributed by atoms with Crippen LogP contribution in [0.15, 0.2) is 30.3 Å². The molecule has 2 aromatic carbocycles. The number of nitrogens with zero attached hydrogens (tertiary/aromatic N) is 1. The Morgan fingerprint density at radius 3 is 2.46 bits per heavy atom. The maximum Gasteiger partial charge on any atom is 0.260 e. The van der Waals surface area contributed by atoms with E-state index in [2.05, 4.69) is 6.07 Å². The number of carbonyl (C=O) groups excluding carboxylic acids is 1. The minimum absolute atomic E-state index is 0.0221. The van der Waals surface area contributed by atoms with Crippen LogP contribution in [0.5, 0.6) is 17.2 Å². The molecule has 1 amide bonds. The van der Waals surface area contributed by atoms with E-state index in [-0.39, 0.29) is 12.5 Å². The Hall–Kier alpha value is -2.69. The third kappa shape index (κ3) is 3.66. The first-order chi connectivity index (χ1) is 13.7. The summed E-state index contributed by atoms with van der Waals surface area (Å²) >= 11 is 0. The Balaban J connectivity index is 1.43. The topological polar surface area (TPSA) is 48.0 Å². The van der Waals surface area contributed by atoms with E-state index in [1.165, 1.54) is 29.5 Å². The monoisotopic (exact) mass is 381 g/mol. The van der Waals surface area contributed by atoms with Gasteiger partial charge in [0.05, 0.1) is 14.2 Å². The molecule has 1 heterocycles. The first-order valence-corrected chi connectivity index (χ1v) is 9.94. The summed E-state index contributed by atoms with van der Waals surface area (Å²) in [7, 11) is 3.27. The highest BCUT2D eigenvalue weighted by atomic mass is 16.5. The molecule has 0 radical (unpaired) electrons. The van der Waals surface area contributed by atoms with Crippen molar-refractivity contribution in [2.45, 2.75) is 38.6 Å². The summed E-state index contributed by atoms with van der Waals surface area (Å²) in [5.41, 5.74) is 4.96. The quantitative estimate of drug-likeness (QED) is 0.795. The molecule has 2 aromatic rings. The van der Waals surface area contributed by atoms with Crippen LogP contribution >= 0.6 is 0 Å². The number of methoxy groups -OCH3 is 2. The van der Waals surface area contributed by atoms with E-state index in [4.69, 9.17) is 14.2 Å². The molecule has 1 aliphatic carbocycles. The number of benzene rings is 2. The molecule has 4 rings (SSSR count). The van der Waals surface area contributed by atoms with Gasteiger partial charge in [0.1, 0.15) is 5.75 Å². The lowest BCUT2D eigenvalue weighted by Crippen LogP contribution is -2.39. The van der Waals surface area contributed by atoms with Gasteiger partial charge < -0.3 is 19.1 Å².